The fourth-order valence-corrected chi connectivity index (χ4v) is 4.14. The molecule has 1 aliphatic rings. The molecule has 0 fully saturated rings. The van der Waals surface area contributed by atoms with Gasteiger partial charge < -0.3 is 15.7 Å². The fraction of sp³-hybridized carbons (Fsp3) is 0.273. The van der Waals surface area contributed by atoms with Crippen LogP contribution in [0.1, 0.15) is 24.2 Å². The van der Waals surface area contributed by atoms with E-state index >= 15 is 0 Å². The van der Waals surface area contributed by atoms with Crippen molar-refractivity contribution in [2.24, 2.45) is 0 Å². The highest BCUT2D eigenvalue weighted by Gasteiger charge is 2.17. The van der Waals surface area contributed by atoms with E-state index in [4.69, 9.17) is 5.73 Å². The largest absolute Gasteiger partial charge is 0.384 e. The summed E-state index contributed by atoms with van der Waals surface area (Å²) in [6.07, 6.45) is 6.85. The van der Waals surface area contributed by atoms with Crippen molar-refractivity contribution in [1.82, 2.24) is 24.8 Å². The summed E-state index contributed by atoms with van der Waals surface area (Å²) in [6.45, 7) is 2.88. The minimum Gasteiger partial charge on any atom is -0.384 e. The molecular formula is C22H24N6. The van der Waals surface area contributed by atoms with Gasteiger partial charge in [-0.2, -0.15) is 0 Å². The first-order valence-electron chi connectivity index (χ1n) is 9.67. The van der Waals surface area contributed by atoms with Crippen LogP contribution in [0.3, 0.4) is 0 Å². The first kappa shape index (κ1) is 17.0. The highest BCUT2D eigenvalue weighted by Crippen LogP contribution is 2.31. The van der Waals surface area contributed by atoms with E-state index in [9.17, 15) is 0 Å². The van der Waals surface area contributed by atoms with Gasteiger partial charge in [0.05, 0.1) is 0 Å². The molecular weight excluding hydrogens is 348 g/mol. The Morgan fingerprint density at radius 1 is 1.11 bits per heavy atom. The first-order chi connectivity index (χ1) is 13.6. The SMILES string of the molecule is Cc1nc2c(-c3cc4cc(CN(C)C5CC=CC5)ccc4[nH]3)cc(N)nc2[nH]1. The molecule has 1 aliphatic carbocycles. The van der Waals surface area contributed by atoms with Gasteiger partial charge in [-0.1, -0.05) is 18.2 Å². The first-order valence-corrected chi connectivity index (χ1v) is 9.67. The molecule has 0 spiro atoms. The molecule has 6 nitrogen and oxygen atoms in total. The van der Waals surface area contributed by atoms with Gasteiger partial charge in [-0.05, 0) is 56.6 Å². The van der Waals surface area contributed by atoms with Crippen LogP contribution in [0.25, 0.3) is 33.3 Å². The number of aryl methyl sites for hydroxylation is 1. The van der Waals surface area contributed by atoms with Crippen LogP contribution in [0.2, 0.25) is 0 Å². The van der Waals surface area contributed by atoms with Crippen molar-refractivity contribution in [2.45, 2.75) is 32.4 Å². The van der Waals surface area contributed by atoms with Crippen molar-refractivity contribution in [3.63, 3.8) is 0 Å². The topological polar surface area (TPSA) is 86.6 Å². The van der Waals surface area contributed by atoms with E-state index in [0.29, 0.717) is 11.9 Å². The summed E-state index contributed by atoms with van der Waals surface area (Å²) in [7, 11) is 2.21. The maximum atomic E-state index is 6.02. The number of pyridine rings is 1. The Bertz CT molecular complexity index is 1190. The molecule has 0 saturated carbocycles. The zero-order chi connectivity index (χ0) is 19.3. The van der Waals surface area contributed by atoms with Crippen molar-refractivity contribution in [1.29, 1.82) is 0 Å². The summed E-state index contributed by atoms with van der Waals surface area (Å²) in [5, 5.41) is 1.20. The molecule has 0 atom stereocenters. The van der Waals surface area contributed by atoms with E-state index in [1.54, 1.807) is 0 Å². The number of fused-ring (bicyclic) bond motifs is 2. The lowest BCUT2D eigenvalue weighted by atomic mass is 10.1. The van der Waals surface area contributed by atoms with Gasteiger partial charge in [-0.3, -0.25) is 4.90 Å². The molecule has 0 amide bonds. The van der Waals surface area contributed by atoms with Crippen LogP contribution in [0.15, 0.2) is 42.5 Å². The van der Waals surface area contributed by atoms with Crippen LogP contribution in [0, 0.1) is 6.92 Å². The van der Waals surface area contributed by atoms with Crippen LogP contribution < -0.4 is 5.73 Å². The average Bonchev–Trinajstić information content (AvgIpc) is 3.39. The third-order valence-corrected chi connectivity index (χ3v) is 5.60. The molecule has 0 saturated heterocycles. The highest BCUT2D eigenvalue weighted by atomic mass is 15.1. The summed E-state index contributed by atoms with van der Waals surface area (Å²) in [6, 6.07) is 11.3. The Morgan fingerprint density at radius 2 is 1.93 bits per heavy atom. The van der Waals surface area contributed by atoms with Gasteiger partial charge in [-0.15, -0.1) is 0 Å². The summed E-state index contributed by atoms with van der Waals surface area (Å²) in [5.41, 5.74) is 12.0. The van der Waals surface area contributed by atoms with Gasteiger partial charge in [0.15, 0.2) is 5.65 Å². The fourth-order valence-electron chi connectivity index (χ4n) is 4.14. The monoisotopic (exact) mass is 372 g/mol. The molecule has 6 heteroatoms. The molecule has 0 aliphatic heterocycles. The number of nitrogen functional groups attached to an aromatic ring is 1. The molecule has 0 bridgehead atoms. The van der Waals surface area contributed by atoms with Crippen LogP contribution in [-0.4, -0.2) is 37.9 Å². The van der Waals surface area contributed by atoms with E-state index in [0.717, 1.165) is 53.1 Å². The molecule has 3 heterocycles. The predicted octanol–water partition coefficient (Wildman–Crippen LogP) is 4.15. The lowest BCUT2D eigenvalue weighted by Crippen LogP contribution is -2.28. The minimum atomic E-state index is 0.484. The number of nitrogens with two attached hydrogens (primary N) is 1. The molecule has 4 N–H and O–H groups in total. The zero-order valence-corrected chi connectivity index (χ0v) is 16.2. The van der Waals surface area contributed by atoms with Crippen molar-refractivity contribution in [2.75, 3.05) is 12.8 Å². The number of nitrogens with one attached hydrogen (secondary N) is 2. The number of hydrogen-bond donors (Lipinski definition) is 3. The number of aromatic amines is 2. The van der Waals surface area contributed by atoms with E-state index in [2.05, 4.69) is 68.3 Å². The number of benzene rings is 1. The smallest absolute Gasteiger partial charge is 0.160 e. The third kappa shape index (κ3) is 2.96. The molecule has 5 rings (SSSR count). The van der Waals surface area contributed by atoms with Crippen LogP contribution in [0.5, 0.6) is 0 Å². The van der Waals surface area contributed by atoms with E-state index < -0.39 is 0 Å². The Hall–Kier alpha value is -3.12. The molecule has 3 aromatic heterocycles. The van der Waals surface area contributed by atoms with Crippen molar-refractivity contribution >= 4 is 27.9 Å². The summed E-state index contributed by atoms with van der Waals surface area (Å²) in [5.74, 6) is 1.31. The van der Waals surface area contributed by atoms with E-state index in [1.807, 2.05) is 13.0 Å². The van der Waals surface area contributed by atoms with Gasteiger partial charge in [0.25, 0.3) is 0 Å². The lowest BCUT2D eigenvalue weighted by molar-refractivity contribution is 0.243. The summed E-state index contributed by atoms with van der Waals surface area (Å²) in [4.78, 5) is 18.1. The summed E-state index contributed by atoms with van der Waals surface area (Å²) < 4.78 is 0. The predicted molar refractivity (Wildman–Crippen MR) is 114 cm³/mol. The molecule has 1 aromatic carbocycles. The molecule has 28 heavy (non-hydrogen) atoms. The summed E-state index contributed by atoms with van der Waals surface area (Å²) >= 11 is 0. The minimum absolute atomic E-state index is 0.484. The number of nitrogens with zero attached hydrogens (tertiary/aromatic N) is 3. The second-order valence-electron chi connectivity index (χ2n) is 7.73. The van der Waals surface area contributed by atoms with Crippen LogP contribution in [-0.2, 0) is 6.54 Å². The second-order valence-corrected chi connectivity index (χ2v) is 7.73. The van der Waals surface area contributed by atoms with Gasteiger partial charge in [-0.25, -0.2) is 9.97 Å². The van der Waals surface area contributed by atoms with Crippen LogP contribution in [0.4, 0.5) is 5.82 Å². The van der Waals surface area contributed by atoms with Crippen molar-refractivity contribution in [3.05, 3.63) is 53.9 Å². The van der Waals surface area contributed by atoms with Crippen molar-refractivity contribution in [3.8, 4) is 11.3 Å². The Morgan fingerprint density at radius 3 is 2.75 bits per heavy atom. The van der Waals surface area contributed by atoms with E-state index in [-0.39, 0.29) is 0 Å². The Kier molecular flexibility index (Phi) is 3.94. The number of rotatable bonds is 4. The molecule has 0 radical (unpaired) electrons. The number of imidazole rings is 1. The van der Waals surface area contributed by atoms with Crippen LogP contribution >= 0.6 is 0 Å². The Balaban J connectivity index is 1.50. The quantitative estimate of drug-likeness (QED) is 0.470. The number of H-pyrrole nitrogens is 2. The van der Waals surface area contributed by atoms with Gasteiger partial charge >= 0.3 is 0 Å². The number of aromatic nitrogens is 4. The second kappa shape index (κ2) is 6.49. The zero-order valence-electron chi connectivity index (χ0n) is 16.2. The maximum absolute atomic E-state index is 6.02. The van der Waals surface area contributed by atoms with Gasteiger partial charge in [0.1, 0.15) is 17.2 Å². The number of hydrogen-bond acceptors (Lipinski definition) is 4. The van der Waals surface area contributed by atoms with Crippen molar-refractivity contribution < 1.29 is 0 Å². The van der Waals surface area contributed by atoms with Gasteiger partial charge in [0, 0.05) is 34.7 Å². The maximum Gasteiger partial charge on any atom is 0.160 e. The molecule has 142 valence electrons. The third-order valence-electron chi connectivity index (χ3n) is 5.60. The van der Waals surface area contributed by atoms with Gasteiger partial charge in [0.2, 0.25) is 0 Å². The normalized spacial score (nSPS) is 14.8. The highest BCUT2D eigenvalue weighted by molar-refractivity contribution is 5.95. The molecule has 4 aromatic rings. The molecule has 0 unspecified atom stereocenters. The van der Waals surface area contributed by atoms with E-state index in [1.165, 1.54) is 10.9 Å². The number of anilines is 1. The lowest BCUT2D eigenvalue weighted by Gasteiger charge is -2.24. The average molecular weight is 372 g/mol. The Labute approximate surface area is 163 Å². The standard InChI is InChI=1S/C22H24N6/c1-13-24-21-17(11-20(23)27-22(21)25-13)19-10-15-9-14(7-8-18(15)26-19)12-28(2)16-5-3-4-6-16/h3-4,7-11,16,26H,5-6,12H2,1-2H3,(H3,23,24,25,27).